The van der Waals surface area contributed by atoms with Gasteiger partial charge in [0, 0.05) is 11.5 Å². The molecule has 1 aromatic carbocycles. The lowest BCUT2D eigenvalue weighted by Gasteiger charge is -2.64. The van der Waals surface area contributed by atoms with Crippen molar-refractivity contribution < 1.29 is 14.6 Å². The first-order chi connectivity index (χ1) is 15.2. The predicted molar refractivity (Wildman–Crippen MR) is 128 cm³/mol. The van der Waals surface area contributed by atoms with Crippen molar-refractivity contribution in [3.8, 4) is 5.75 Å². The maximum absolute atomic E-state index is 12.5. The Morgan fingerprint density at radius 1 is 1.03 bits per heavy atom. The molecular formula is C29H38O3. The Balaban J connectivity index is 1.29. The summed E-state index contributed by atoms with van der Waals surface area (Å²) in [4.78, 5) is 12.5. The minimum Gasteiger partial charge on any atom is -0.508 e. The highest BCUT2D eigenvalue weighted by Crippen LogP contribution is 2.71. The summed E-state index contributed by atoms with van der Waals surface area (Å²) in [5, 5.41) is 9.41. The van der Waals surface area contributed by atoms with Gasteiger partial charge in [-0.15, -0.1) is 0 Å². The van der Waals surface area contributed by atoms with Gasteiger partial charge in [0.25, 0.3) is 0 Å². The molecule has 3 heteroatoms. The van der Waals surface area contributed by atoms with Crippen molar-refractivity contribution in [1.82, 2.24) is 0 Å². The van der Waals surface area contributed by atoms with Gasteiger partial charge in [-0.3, -0.25) is 0 Å². The van der Waals surface area contributed by atoms with E-state index in [2.05, 4.69) is 32.9 Å². The third-order valence-corrected chi connectivity index (χ3v) is 9.89. The molecule has 6 atom stereocenters. The zero-order valence-electron chi connectivity index (χ0n) is 19.9. The lowest BCUT2D eigenvalue weighted by Crippen LogP contribution is -2.58. The van der Waals surface area contributed by atoms with Crippen molar-refractivity contribution in [1.29, 1.82) is 0 Å². The average Bonchev–Trinajstić information content (AvgIpc) is 3.00. The highest BCUT2D eigenvalue weighted by atomic mass is 16.5. The maximum Gasteiger partial charge on any atom is 0.330 e. The van der Waals surface area contributed by atoms with Gasteiger partial charge in [0.1, 0.15) is 5.75 Å². The monoisotopic (exact) mass is 434 g/mol. The van der Waals surface area contributed by atoms with E-state index in [-0.39, 0.29) is 17.1 Å². The molecule has 5 rings (SSSR count). The number of phenolic OH excluding ortho intramolecular Hbond substituents is 1. The summed E-state index contributed by atoms with van der Waals surface area (Å²) in [5.41, 5.74) is 2.12. The number of phenols is 1. The number of rotatable bonds is 4. The first kappa shape index (κ1) is 21.8. The van der Waals surface area contributed by atoms with Gasteiger partial charge in [0.2, 0.25) is 0 Å². The Kier molecular flexibility index (Phi) is 5.11. The minimum absolute atomic E-state index is 0.0553. The average molecular weight is 435 g/mol. The molecule has 0 aliphatic heterocycles. The van der Waals surface area contributed by atoms with Crippen LogP contribution in [-0.2, 0) is 9.53 Å². The molecule has 2 bridgehead atoms. The number of ether oxygens (including phenoxy) is 1. The number of aromatic hydroxyl groups is 1. The van der Waals surface area contributed by atoms with Gasteiger partial charge in [0.05, 0.1) is 6.61 Å². The molecule has 172 valence electrons. The number of benzene rings is 1. The van der Waals surface area contributed by atoms with Crippen molar-refractivity contribution >= 4 is 12.0 Å². The molecule has 1 aromatic rings. The summed E-state index contributed by atoms with van der Waals surface area (Å²) in [6.07, 6.45) is 18.7. The Morgan fingerprint density at radius 3 is 2.56 bits per heavy atom. The van der Waals surface area contributed by atoms with Crippen molar-refractivity contribution in [2.24, 2.45) is 33.5 Å². The van der Waals surface area contributed by atoms with Crippen LogP contribution in [0, 0.1) is 33.5 Å². The second-order valence-corrected chi connectivity index (χ2v) is 12.1. The standard InChI is InChI=1S/C29H38O3/c1-26-15-11-24-28(3)14-4-13-27(2,23(28)12-16-29(24,19-26)18-17-26)20-32-25(31)10-7-21-5-8-22(30)9-6-21/h5-10,17-18,23-24,30H,4,11-16,19-20H2,1-3H3/b10-7+/t23-,24+,26-,27-,28-,29+/m0/s1. The molecular weight excluding hydrogens is 396 g/mol. The van der Waals surface area contributed by atoms with E-state index in [9.17, 15) is 9.90 Å². The van der Waals surface area contributed by atoms with Crippen LogP contribution in [0.25, 0.3) is 6.08 Å². The van der Waals surface area contributed by atoms with Crippen LogP contribution in [-0.4, -0.2) is 17.7 Å². The zero-order valence-corrected chi connectivity index (χ0v) is 19.9. The Labute approximate surface area is 192 Å². The van der Waals surface area contributed by atoms with Gasteiger partial charge in [-0.1, -0.05) is 51.5 Å². The van der Waals surface area contributed by atoms with Crippen LogP contribution in [0.3, 0.4) is 0 Å². The van der Waals surface area contributed by atoms with E-state index in [0.717, 1.165) is 17.9 Å². The number of fused-ring (bicyclic) bond motifs is 3. The summed E-state index contributed by atoms with van der Waals surface area (Å²) in [6.45, 7) is 7.92. The Hall–Kier alpha value is -2.03. The zero-order chi connectivity index (χ0) is 22.6. The second-order valence-electron chi connectivity index (χ2n) is 12.1. The molecule has 0 radical (unpaired) electrons. The number of allylic oxidation sites excluding steroid dienone is 2. The molecule has 4 aliphatic carbocycles. The number of hydrogen-bond donors (Lipinski definition) is 1. The number of carbonyl (C=O) groups is 1. The molecule has 3 nitrogen and oxygen atoms in total. The topological polar surface area (TPSA) is 46.5 Å². The van der Waals surface area contributed by atoms with Gasteiger partial charge in [-0.2, -0.15) is 0 Å². The summed E-state index contributed by atoms with van der Waals surface area (Å²) >= 11 is 0. The number of esters is 1. The second kappa shape index (κ2) is 7.50. The quantitative estimate of drug-likeness (QED) is 0.318. The van der Waals surface area contributed by atoms with E-state index in [1.54, 1.807) is 30.3 Å². The largest absolute Gasteiger partial charge is 0.508 e. The SMILES string of the molecule is C[C@@]12C=C[C@]3(CC[C@H]4[C@](C)(COC(=O)/C=C/c5ccc(O)cc5)CCC[C@]4(C)[C@H]3CC1)C2. The van der Waals surface area contributed by atoms with E-state index in [4.69, 9.17) is 4.74 Å². The first-order valence-corrected chi connectivity index (χ1v) is 12.5. The molecule has 0 heterocycles. The van der Waals surface area contributed by atoms with Crippen LogP contribution in [0.15, 0.2) is 42.5 Å². The van der Waals surface area contributed by atoms with Crippen molar-refractivity contribution in [2.75, 3.05) is 6.61 Å². The van der Waals surface area contributed by atoms with Crippen molar-refractivity contribution in [3.05, 3.63) is 48.1 Å². The smallest absolute Gasteiger partial charge is 0.330 e. The van der Waals surface area contributed by atoms with E-state index < -0.39 is 0 Å². The summed E-state index contributed by atoms with van der Waals surface area (Å²) in [6, 6.07) is 6.82. The normalized spacial score (nSPS) is 42.5. The minimum atomic E-state index is -0.272. The fourth-order valence-electron chi connectivity index (χ4n) is 8.47. The molecule has 0 saturated heterocycles. The lowest BCUT2D eigenvalue weighted by atomic mass is 9.40. The molecule has 4 aliphatic rings. The molecule has 3 saturated carbocycles. The van der Waals surface area contributed by atoms with Gasteiger partial charge in [-0.05, 0) is 96.8 Å². The van der Waals surface area contributed by atoms with Gasteiger partial charge >= 0.3 is 5.97 Å². The predicted octanol–water partition coefficient (Wildman–Crippen LogP) is 6.92. The molecule has 32 heavy (non-hydrogen) atoms. The fraction of sp³-hybridized carbons (Fsp3) is 0.621. The van der Waals surface area contributed by atoms with Crippen LogP contribution in [0.5, 0.6) is 5.75 Å². The highest BCUT2D eigenvalue weighted by Gasteiger charge is 2.63. The van der Waals surface area contributed by atoms with Crippen LogP contribution >= 0.6 is 0 Å². The molecule has 0 unspecified atom stereocenters. The third kappa shape index (κ3) is 3.53. The summed E-state index contributed by atoms with van der Waals surface area (Å²) < 4.78 is 5.85. The summed E-state index contributed by atoms with van der Waals surface area (Å²) in [7, 11) is 0. The van der Waals surface area contributed by atoms with Crippen molar-refractivity contribution in [2.45, 2.75) is 72.1 Å². The van der Waals surface area contributed by atoms with Crippen LogP contribution in [0.1, 0.15) is 77.7 Å². The Bertz CT molecular complexity index is 946. The number of hydrogen-bond acceptors (Lipinski definition) is 3. The molecule has 0 amide bonds. The highest BCUT2D eigenvalue weighted by molar-refractivity contribution is 5.87. The van der Waals surface area contributed by atoms with Gasteiger partial charge in [-0.25, -0.2) is 4.79 Å². The van der Waals surface area contributed by atoms with E-state index in [1.165, 1.54) is 51.0 Å². The first-order valence-electron chi connectivity index (χ1n) is 12.5. The third-order valence-electron chi connectivity index (χ3n) is 9.89. The maximum atomic E-state index is 12.5. The molecule has 3 fully saturated rings. The van der Waals surface area contributed by atoms with Crippen LogP contribution in [0.4, 0.5) is 0 Å². The molecule has 0 aromatic heterocycles. The summed E-state index contributed by atoms with van der Waals surface area (Å²) in [5.74, 6) is 1.34. The Morgan fingerprint density at radius 2 is 1.78 bits per heavy atom. The fourth-order valence-corrected chi connectivity index (χ4v) is 8.47. The molecule has 1 N–H and O–H groups in total. The van der Waals surface area contributed by atoms with E-state index in [0.29, 0.717) is 28.8 Å². The number of carbonyl (C=O) groups excluding carboxylic acids is 1. The van der Waals surface area contributed by atoms with Gasteiger partial charge in [0.15, 0.2) is 0 Å². The van der Waals surface area contributed by atoms with E-state index >= 15 is 0 Å². The van der Waals surface area contributed by atoms with Crippen LogP contribution in [0.2, 0.25) is 0 Å². The van der Waals surface area contributed by atoms with Gasteiger partial charge < -0.3 is 9.84 Å². The van der Waals surface area contributed by atoms with Crippen LogP contribution < -0.4 is 0 Å². The van der Waals surface area contributed by atoms with Crippen molar-refractivity contribution in [3.63, 3.8) is 0 Å². The molecule has 1 spiro atoms. The lowest BCUT2D eigenvalue weighted by molar-refractivity contribution is -0.168. The van der Waals surface area contributed by atoms with E-state index in [1.807, 2.05) is 0 Å².